The summed E-state index contributed by atoms with van der Waals surface area (Å²) in [5, 5.41) is 4.14. The van der Waals surface area contributed by atoms with Crippen molar-refractivity contribution in [2.45, 2.75) is 25.8 Å². The van der Waals surface area contributed by atoms with E-state index in [0.29, 0.717) is 19.4 Å². The third-order valence-corrected chi connectivity index (χ3v) is 6.35. The summed E-state index contributed by atoms with van der Waals surface area (Å²) in [6.07, 6.45) is 2.10. The van der Waals surface area contributed by atoms with Crippen LogP contribution in [0.4, 0.5) is 0 Å². The SMILES string of the molecule is O=C(CCc1ccc2c(c1)OCO2)N(CCc1cccs1)Cc1cccs1. The van der Waals surface area contributed by atoms with Gasteiger partial charge in [-0.3, -0.25) is 4.79 Å². The average molecular weight is 400 g/mol. The molecule has 140 valence electrons. The number of hydrogen-bond acceptors (Lipinski definition) is 5. The van der Waals surface area contributed by atoms with Gasteiger partial charge in [0.25, 0.3) is 0 Å². The van der Waals surface area contributed by atoms with E-state index in [9.17, 15) is 4.79 Å². The molecule has 0 spiro atoms. The molecule has 0 atom stereocenters. The van der Waals surface area contributed by atoms with E-state index in [-0.39, 0.29) is 12.7 Å². The van der Waals surface area contributed by atoms with Crippen LogP contribution in [0, 0.1) is 0 Å². The predicted molar refractivity (Wildman–Crippen MR) is 109 cm³/mol. The molecule has 1 amide bonds. The lowest BCUT2D eigenvalue weighted by Crippen LogP contribution is -2.32. The molecule has 0 saturated heterocycles. The van der Waals surface area contributed by atoms with E-state index in [2.05, 4.69) is 29.0 Å². The van der Waals surface area contributed by atoms with Crippen molar-refractivity contribution in [2.24, 2.45) is 0 Å². The summed E-state index contributed by atoms with van der Waals surface area (Å²) < 4.78 is 10.8. The number of rotatable bonds is 8. The Balaban J connectivity index is 1.38. The van der Waals surface area contributed by atoms with Gasteiger partial charge in [0.05, 0.1) is 6.54 Å². The number of carbonyl (C=O) groups excluding carboxylic acids is 1. The van der Waals surface area contributed by atoms with Crippen molar-refractivity contribution in [3.05, 3.63) is 68.5 Å². The van der Waals surface area contributed by atoms with Crippen LogP contribution in [0.25, 0.3) is 0 Å². The lowest BCUT2D eigenvalue weighted by molar-refractivity contribution is -0.131. The fourth-order valence-corrected chi connectivity index (χ4v) is 4.51. The molecular formula is C21H21NO3S2. The van der Waals surface area contributed by atoms with Gasteiger partial charge in [-0.15, -0.1) is 22.7 Å². The van der Waals surface area contributed by atoms with Crippen molar-refractivity contribution in [1.82, 2.24) is 4.90 Å². The molecule has 0 N–H and O–H groups in total. The van der Waals surface area contributed by atoms with E-state index < -0.39 is 0 Å². The summed E-state index contributed by atoms with van der Waals surface area (Å²) in [7, 11) is 0. The van der Waals surface area contributed by atoms with Gasteiger partial charge in [0.15, 0.2) is 11.5 Å². The highest BCUT2D eigenvalue weighted by Crippen LogP contribution is 2.32. The molecule has 1 aliphatic rings. The van der Waals surface area contributed by atoms with Crippen LogP contribution in [0.15, 0.2) is 53.2 Å². The van der Waals surface area contributed by atoms with Crippen LogP contribution in [-0.2, 0) is 24.2 Å². The van der Waals surface area contributed by atoms with E-state index >= 15 is 0 Å². The van der Waals surface area contributed by atoms with Crippen molar-refractivity contribution < 1.29 is 14.3 Å². The van der Waals surface area contributed by atoms with E-state index in [4.69, 9.17) is 9.47 Å². The topological polar surface area (TPSA) is 38.8 Å². The quantitative estimate of drug-likeness (QED) is 0.549. The van der Waals surface area contributed by atoms with Gasteiger partial charge < -0.3 is 14.4 Å². The normalized spacial score (nSPS) is 12.3. The van der Waals surface area contributed by atoms with Crippen LogP contribution >= 0.6 is 22.7 Å². The Hall–Kier alpha value is -2.31. The van der Waals surface area contributed by atoms with Gasteiger partial charge in [-0.05, 0) is 53.4 Å². The van der Waals surface area contributed by atoms with Gasteiger partial charge in [-0.2, -0.15) is 0 Å². The minimum atomic E-state index is 0.192. The Kier molecular flexibility index (Phi) is 5.75. The van der Waals surface area contributed by atoms with Crippen LogP contribution in [0.3, 0.4) is 0 Å². The number of fused-ring (bicyclic) bond motifs is 1. The minimum absolute atomic E-state index is 0.192. The number of hydrogen-bond donors (Lipinski definition) is 0. The Morgan fingerprint density at radius 2 is 1.74 bits per heavy atom. The zero-order chi connectivity index (χ0) is 18.5. The molecule has 0 bridgehead atoms. The van der Waals surface area contributed by atoms with E-state index in [1.165, 1.54) is 9.75 Å². The lowest BCUT2D eigenvalue weighted by atomic mass is 10.1. The third-order valence-electron chi connectivity index (χ3n) is 4.55. The largest absolute Gasteiger partial charge is 0.454 e. The summed E-state index contributed by atoms with van der Waals surface area (Å²) in [5.41, 5.74) is 1.10. The lowest BCUT2D eigenvalue weighted by Gasteiger charge is -2.22. The van der Waals surface area contributed by atoms with Crippen LogP contribution in [0.2, 0.25) is 0 Å². The summed E-state index contributed by atoms with van der Waals surface area (Å²) in [6, 6.07) is 14.2. The third kappa shape index (κ3) is 4.70. The summed E-state index contributed by atoms with van der Waals surface area (Å²) >= 11 is 3.44. The van der Waals surface area contributed by atoms with Crippen molar-refractivity contribution in [3.63, 3.8) is 0 Å². The number of ether oxygens (including phenoxy) is 2. The van der Waals surface area contributed by atoms with Crippen molar-refractivity contribution >= 4 is 28.6 Å². The Labute approximate surface area is 167 Å². The molecule has 1 aromatic carbocycles. The van der Waals surface area contributed by atoms with E-state index in [1.54, 1.807) is 22.7 Å². The number of benzene rings is 1. The highest BCUT2D eigenvalue weighted by atomic mass is 32.1. The van der Waals surface area contributed by atoms with Gasteiger partial charge in [0.1, 0.15) is 0 Å². The number of nitrogens with zero attached hydrogens (tertiary/aromatic N) is 1. The smallest absolute Gasteiger partial charge is 0.231 e. The number of amides is 1. The van der Waals surface area contributed by atoms with Gasteiger partial charge >= 0.3 is 0 Å². The molecule has 27 heavy (non-hydrogen) atoms. The van der Waals surface area contributed by atoms with Gasteiger partial charge in [-0.1, -0.05) is 18.2 Å². The van der Waals surface area contributed by atoms with Gasteiger partial charge in [0, 0.05) is 22.7 Å². The second kappa shape index (κ2) is 8.59. The maximum absolute atomic E-state index is 12.9. The summed E-state index contributed by atoms with van der Waals surface area (Å²) in [5.74, 6) is 1.74. The van der Waals surface area contributed by atoms with Crippen molar-refractivity contribution in [3.8, 4) is 11.5 Å². The highest BCUT2D eigenvalue weighted by Gasteiger charge is 2.17. The zero-order valence-corrected chi connectivity index (χ0v) is 16.6. The minimum Gasteiger partial charge on any atom is -0.454 e. The molecule has 3 aromatic rings. The first-order valence-electron chi connectivity index (χ1n) is 8.99. The van der Waals surface area contributed by atoms with Gasteiger partial charge in [-0.25, -0.2) is 0 Å². The monoisotopic (exact) mass is 399 g/mol. The standard InChI is InChI=1S/C21H21NO3S2/c23-21(8-6-16-5-7-19-20(13-16)25-15-24-19)22(14-18-4-2-12-27-18)10-9-17-3-1-11-26-17/h1-5,7,11-13H,6,8-10,14-15H2. The molecular weight excluding hydrogens is 378 g/mol. The molecule has 6 heteroatoms. The molecule has 0 fully saturated rings. The first-order valence-corrected chi connectivity index (χ1v) is 10.7. The van der Waals surface area contributed by atoms with Gasteiger partial charge in [0.2, 0.25) is 12.7 Å². The maximum atomic E-state index is 12.9. The molecule has 4 nitrogen and oxygen atoms in total. The zero-order valence-electron chi connectivity index (χ0n) is 14.9. The molecule has 1 aliphatic heterocycles. The Bertz CT molecular complexity index is 875. The van der Waals surface area contributed by atoms with E-state index in [1.807, 2.05) is 29.2 Å². The number of carbonyl (C=O) groups is 1. The summed E-state index contributed by atoms with van der Waals surface area (Å²) in [6.45, 7) is 1.70. The number of aryl methyl sites for hydroxylation is 1. The highest BCUT2D eigenvalue weighted by molar-refractivity contribution is 7.10. The molecule has 3 heterocycles. The number of thiophene rings is 2. The molecule has 0 saturated carbocycles. The first-order chi connectivity index (χ1) is 13.3. The van der Waals surface area contributed by atoms with Crippen LogP contribution < -0.4 is 9.47 Å². The maximum Gasteiger partial charge on any atom is 0.231 e. The average Bonchev–Trinajstić information content (AvgIpc) is 3.45. The predicted octanol–water partition coefficient (Wildman–Crippen LogP) is 4.74. The molecule has 4 rings (SSSR count). The fraction of sp³-hybridized carbons (Fsp3) is 0.286. The molecule has 2 aromatic heterocycles. The van der Waals surface area contributed by atoms with Crippen LogP contribution in [0.5, 0.6) is 11.5 Å². The molecule has 0 unspecified atom stereocenters. The van der Waals surface area contributed by atoms with Crippen molar-refractivity contribution in [1.29, 1.82) is 0 Å². The van der Waals surface area contributed by atoms with E-state index in [0.717, 1.165) is 30.0 Å². The van der Waals surface area contributed by atoms with Crippen LogP contribution in [0.1, 0.15) is 21.7 Å². The molecule has 0 aliphatic carbocycles. The first kappa shape index (κ1) is 18.1. The van der Waals surface area contributed by atoms with Crippen molar-refractivity contribution in [2.75, 3.05) is 13.3 Å². The molecule has 0 radical (unpaired) electrons. The second-order valence-corrected chi connectivity index (χ2v) is 8.48. The van der Waals surface area contributed by atoms with Crippen LogP contribution in [-0.4, -0.2) is 24.1 Å². The Morgan fingerprint density at radius 1 is 0.963 bits per heavy atom. The summed E-state index contributed by atoms with van der Waals surface area (Å²) in [4.78, 5) is 17.4. The second-order valence-electron chi connectivity index (χ2n) is 6.41. The fourth-order valence-electron chi connectivity index (χ4n) is 3.09. The Morgan fingerprint density at radius 3 is 2.52 bits per heavy atom.